The van der Waals surface area contributed by atoms with Gasteiger partial charge in [0.05, 0.1) is 16.5 Å². The van der Waals surface area contributed by atoms with Crippen LogP contribution in [0.25, 0.3) is 0 Å². The van der Waals surface area contributed by atoms with Gasteiger partial charge in [0, 0.05) is 5.56 Å². The summed E-state index contributed by atoms with van der Waals surface area (Å²) >= 11 is 5.55. The molecular weight excluding hydrogens is 235 g/mol. The standard InChI is InChI=1S/C11H12ClFO3/c1-11(2,10(15)16)9(14)6-4-3-5-7(12)8(6)13/h3-5,9,14H,1-2H3,(H,15,16). The number of carboxylic acid groups (broad SMARTS) is 1. The van der Waals surface area contributed by atoms with Gasteiger partial charge >= 0.3 is 5.97 Å². The van der Waals surface area contributed by atoms with E-state index in [0.717, 1.165) is 0 Å². The average Bonchev–Trinajstić information content (AvgIpc) is 2.21. The van der Waals surface area contributed by atoms with E-state index in [1.54, 1.807) is 0 Å². The molecule has 0 amide bonds. The maximum absolute atomic E-state index is 13.6. The first kappa shape index (κ1) is 12.9. The molecule has 88 valence electrons. The fourth-order valence-electron chi connectivity index (χ4n) is 1.24. The summed E-state index contributed by atoms with van der Waals surface area (Å²) in [7, 11) is 0. The van der Waals surface area contributed by atoms with Crippen molar-refractivity contribution in [3.8, 4) is 0 Å². The Balaban J connectivity index is 3.20. The predicted octanol–water partition coefficient (Wildman–Crippen LogP) is 2.62. The number of benzene rings is 1. The zero-order valence-corrected chi connectivity index (χ0v) is 9.62. The van der Waals surface area contributed by atoms with Gasteiger partial charge in [0.2, 0.25) is 0 Å². The smallest absolute Gasteiger partial charge is 0.312 e. The number of halogens is 2. The lowest BCUT2D eigenvalue weighted by Gasteiger charge is -2.26. The van der Waals surface area contributed by atoms with Crippen molar-refractivity contribution in [3.63, 3.8) is 0 Å². The van der Waals surface area contributed by atoms with E-state index < -0.39 is 23.3 Å². The Morgan fingerprint density at radius 2 is 2.06 bits per heavy atom. The summed E-state index contributed by atoms with van der Waals surface area (Å²) in [6.45, 7) is 2.64. The minimum Gasteiger partial charge on any atom is -0.481 e. The van der Waals surface area contributed by atoms with Gasteiger partial charge in [-0.3, -0.25) is 4.79 Å². The number of hydrogen-bond donors (Lipinski definition) is 2. The van der Waals surface area contributed by atoms with Crippen LogP contribution in [0.15, 0.2) is 18.2 Å². The van der Waals surface area contributed by atoms with Crippen molar-refractivity contribution < 1.29 is 19.4 Å². The zero-order valence-electron chi connectivity index (χ0n) is 8.87. The van der Waals surface area contributed by atoms with E-state index in [0.29, 0.717) is 0 Å². The number of carboxylic acids is 1. The third kappa shape index (κ3) is 2.18. The van der Waals surface area contributed by atoms with Crippen LogP contribution in [-0.4, -0.2) is 16.2 Å². The van der Waals surface area contributed by atoms with E-state index in [-0.39, 0.29) is 10.6 Å². The highest BCUT2D eigenvalue weighted by Gasteiger charge is 2.38. The fraction of sp³-hybridized carbons (Fsp3) is 0.364. The summed E-state index contributed by atoms with van der Waals surface area (Å²) in [5, 5.41) is 18.6. The van der Waals surface area contributed by atoms with Gasteiger partial charge in [0.15, 0.2) is 0 Å². The first-order chi connectivity index (χ1) is 7.28. The zero-order chi connectivity index (χ0) is 12.5. The number of hydrogen-bond acceptors (Lipinski definition) is 2. The van der Waals surface area contributed by atoms with Gasteiger partial charge in [-0.2, -0.15) is 0 Å². The lowest BCUT2D eigenvalue weighted by atomic mass is 9.82. The molecule has 2 N–H and O–H groups in total. The minimum atomic E-state index is -1.48. The molecule has 0 aliphatic carbocycles. The third-order valence-electron chi connectivity index (χ3n) is 2.51. The molecule has 1 unspecified atom stereocenters. The van der Waals surface area contributed by atoms with Crippen molar-refractivity contribution in [2.45, 2.75) is 20.0 Å². The molecule has 0 saturated carbocycles. The van der Waals surface area contributed by atoms with Gasteiger partial charge in [-0.05, 0) is 19.9 Å². The molecule has 0 spiro atoms. The lowest BCUT2D eigenvalue weighted by molar-refractivity contribution is -0.153. The van der Waals surface area contributed by atoms with Crippen LogP contribution in [0.4, 0.5) is 4.39 Å². The van der Waals surface area contributed by atoms with Crippen LogP contribution in [0.1, 0.15) is 25.5 Å². The molecule has 0 fully saturated rings. The highest BCUT2D eigenvalue weighted by Crippen LogP contribution is 2.36. The molecule has 16 heavy (non-hydrogen) atoms. The lowest BCUT2D eigenvalue weighted by Crippen LogP contribution is -2.31. The van der Waals surface area contributed by atoms with Crippen LogP contribution in [0.5, 0.6) is 0 Å². The fourth-order valence-corrected chi connectivity index (χ4v) is 1.42. The summed E-state index contributed by atoms with van der Waals surface area (Å²) in [6, 6.07) is 4.11. The molecule has 0 heterocycles. The van der Waals surface area contributed by atoms with Crippen LogP contribution >= 0.6 is 11.6 Å². The predicted molar refractivity (Wildman–Crippen MR) is 57.8 cm³/mol. The van der Waals surface area contributed by atoms with Crippen LogP contribution < -0.4 is 0 Å². The molecule has 0 aliphatic rings. The van der Waals surface area contributed by atoms with E-state index in [2.05, 4.69) is 0 Å². The van der Waals surface area contributed by atoms with Crippen molar-refractivity contribution in [1.29, 1.82) is 0 Å². The molecule has 1 rings (SSSR count). The summed E-state index contributed by atoms with van der Waals surface area (Å²) in [4.78, 5) is 10.9. The Hall–Kier alpha value is -1.13. The Morgan fingerprint density at radius 3 is 2.56 bits per heavy atom. The van der Waals surface area contributed by atoms with Crippen LogP contribution in [-0.2, 0) is 4.79 Å². The van der Waals surface area contributed by atoms with Gasteiger partial charge in [-0.1, -0.05) is 23.7 Å². The molecule has 1 aromatic carbocycles. The molecule has 0 saturated heterocycles. The Morgan fingerprint density at radius 1 is 1.50 bits per heavy atom. The summed E-state index contributed by atoms with van der Waals surface area (Å²) in [5.74, 6) is -2.00. The molecule has 3 nitrogen and oxygen atoms in total. The van der Waals surface area contributed by atoms with E-state index >= 15 is 0 Å². The molecule has 0 aromatic heterocycles. The second-order valence-corrected chi connectivity index (χ2v) is 4.48. The summed E-state index contributed by atoms with van der Waals surface area (Å²) in [6.07, 6.45) is -1.45. The van der Waals surface area contributed by atoms with E-state index in [1.807, 2.05) is 0 Å². The molecule has 1 atom stereocenters. The van der Waals surface area contributed by atoms with Gasteiger partial charge in [-0.25, -0.2) is 4.39 Å². The number of aliphatic hydroxyl groups is 1. The number of rotatable bonds is 3. The van der Waals surface area contributed by atoms with Crippen molar-refractivity contribution in [1.82, 2.24) is 0 Å². The Bertz CT molecular complexity index is 418. The maximum Gasteiger partial charge on any atom is 0.312 e. The molecule has 5 heteroatoms. The molecule has 0 radical (unpaired) electrons. The Kier molecular flexibility index (Phi) is 3.55. The number of aliphatic hydroxyl groups excluding tert-OH is 1. The first-order valence-corrected chi connectivity index (χ1v) is 5.01. The number of aliphatic carboxylic acids is 1. The van der Waals surface area contributed by atoms with Crippen molar-refractivity contribution in [2.24, 2.45) is 5.41 Å². The highest BCUT2D eigenvalue weighted by molar-refractivity contribution is 6.30. The van der Waals surface area contributed by atoms with Gasteiger partial charge < -0.3 is 10.2 Å². The van der Waals surface area contributed by atoms with E-state index in [1.165, 1.54) is 32.0 Å². The summed E-state index contributed by atoms with van der Waals surface area (Å²) < 4.78 is 13.6. The SMILES string of the molecule is CC(C)(C(=O)O)C(O)c1cccc(Cl)c1F. The number of carbonyl (C=O) groups is 1. The maximum atomic E-state index is 13.6. The van der Waals surface area contributed by atoms with Gasteiger partial charge in [0.1, 0.15) is 5.82 Å². The topological polar surface area (TPSA) is 57.5 Å². The van der Waals surface area contributed by atoms with Crippen LogP contribution in [0, 0.1) is 11.2 Å². The van der Waals surface area contributed by atoms with Gasteiger partial charge in [-0.15, -0.1) is 0 Å². The monoisotopic (exact) mass is 246 g/mol. The quantitative estimate of drug-likeness (QED) is 0.862. The highest BCUT2D eigenvalue weighted by atomic mass is 35.5. The van der Waals surface area contributed by atoms with Crippen molar-refractivity contribution >= 4 is 17.6 Å². The third-order valence-corrected chi connectivity index (χ3v) is 2.80. The molecule has 0 aliphatic heterocycles. The Labute approximate surface area is 97.5 Å². The van der Waals surface area contributed by atoms with Crippen LogP contribution in [0.3, 0.4) is 0 Å². The molecule has 1 aromatic rings. The second-order valence-electron chi connectivity index (χ2n) is 4.07. The first-order valence-electron chi connectivity index (χ1n) is 4.64. The minimum absolute atomic E-state index is 0.111. The van der Waals surface area contributed by atoms with E-state index in [4.69, 9.17) is 16.7 Å². The van der Waals surface area contributed by atoms with Gasteiger partial charge in [0.25, 0.3) is 0 Å². The van der Waals surface area contributed by atoms with Crippen molar-refractivity contribution in [2.75, 3.05) is 0 Å². The largest absolute Gasteiger partial charge is 0.481 e. The molecular formula is C11H12ClFO3. The second kappa shape index (κ2) is 4.39. The molecule has 0 bridgehead atoms. The average molecular weight is 247 g/mol. The van der Waals surface area contributed by atoms with Crippen LogP contribution in [0.2, 0.25) is 5.02 Å². The summed E-state index contributed by atoms with van der Waals surface area (Å²) in [5.41, 5.74) is -1.59. The van der Waals surface area contributed by atoms with E-state index in [9.17, 15) is 14.3 Å². The normalized spacial score (nSPS) is 13.6. The van der Waals surface area contributed by atoms with Crippen molar-refractivity contribution in [3.05, 3.63) is 34.6 Å².